The van der Waals surface area contributed by atoms with Crippen molar-refractivity contribution in [2.75, 3.05) is 12.3 Å². The molecule has 1 aliphatic rings. The molecule has 1 amide bonds. The molecule has 0 aliphatic carbocycles. The highest BCUT2D eigenvalue weighted by atomic mass is 79.9. The van der Waals surface area contributed by atoms with Crippen molar-refractivity contribution in [3.05, 3.63) is 58.7 Å². The highest BCUT2D eigenvalue weighted by Crippen LogP contribution is 2.33. The zero-order valence-electron chi connectivity index (χ0n) is 15.6. The van der Waals surface area contributed by atoms with E-state index in [2.05, 4.69) is 32.8 Å². The fourth-order valence-electron chi connectivity index (χ4n) is 3.71. The summed E-state index contributed by atoms with van der Waals surface area (Å²) in [7, 11) is 0. The Morgan fingerprint density at radius 3 is 2.89 bits per heavy atom. The van der Waals surface area contributed by atoms with Crippen molar-refractivity contribution in [1.82, 2.24) is 19.3 Å². The summed E-state index contributed by atoms with van der Waals surface area (Å²) in [5, 5.41) is 0. The van der Waals surface area contributed by atoms with Crippen LogP contribution in [0.5, 0.6) is 0 Å². The van der Waals surface area contributed by atoms with Gasteiger partial charge in [-0.1, -0.05) is 30.3 Å². The van der Waals surface area contributed by atoms with E-state index >= 15 is 0 Å². The summed E-state index contributed by atoms with van der Waals surface area (Å²) in [5.74, 6) is 1.40. The molecule has 0 spiro atoms. The Bertz CT molecular complexity index is 991. The van der Waals surface area contributed by atoms with E-state index in [1.807, 2.05) is 40.9 Å². The third-order valence-corrected chi connectivity index (χ3v) is 5.81. The number of nitrogen functional groups attached to an aromatic ring is 1. The van der Waals surface area contributed by atoms with Crippen LogP contribution in [0.15, 0.2) is 47.3 Å². The topological polar surface area (TPSA) is 85.8 Å². The maximum atomic E-state index is 12.7. The summed E-state index contributed by atoms with van der Waals surface area (Å²) in [6.07, 6.45) is 5.06. The molecule has 0 saturated carbocycles. The molecular weight excluding hydrogens is 422 g/mol. The molecule has 7 nitrogen and oxygen atoms in total. The maximum absolute atomic E-state index is 12.7. The number of piperidine rings is 1. The van der Waals surface area contributed by atoms with Gasteiger partial charge in [0.15, 0.2) is 5.82 Å². The van der Waals surface area contributed by atoms with Crippen molar-refractivity contribution in [3.63, 3.8) is 0 Å². The Morgan fingerprint density at radius 1 is 1.32 bits per heavy atom. The monoisotopic (exact) mass is 443 g/mol. The molecule has 1 aromatic carbocycles. The first-order chi connectivity index (χ1) is 13.5. The van der Waals surface area contributed by atoms with Gasteiger partial charge in [-0.15, -0.1) is 0 Å². The van der Waals surface area contributed by atoms with Gasteiger partial charge in [0.1, 0.15) is 22.6 Å². The van der Waals surface area contributed by atoms with Crippen LogP contribution in [0.25, 0.3) is 5.52 Å². The van der Waals surface area contributed by atoms with Crippen LogP contribution in [0.1, 0.15) is 37.1 Å². The molecule has 28 heavy (non-hydrogen) atoms. The molecule has 2 unspecified atom stereocenters. The lowest BCUT2D eigenvalue weighted by molar-refractivity contribution is 0.0667. The summed E-state index contributed by atoms with van der Waals surface area (Å²) < 4.78 is 8.18. The molecule has 3 heterocycles. The number of hydrogen-bond acceptors (Lipinski definition) is 5. The molecule has 146 valence electrons. The Labute approximate surface area is 171 Å². The molecular formula is C20H22BrN5O2. The number of aromatic nitrogens is 3. The minimum absolute atomic E-state index is 0.0982. The number of amides is 1. The van der Waals surface area contributed by atoms with Gasteiger partial charge in [0.25, 0.3) is 0 Å². The quantitative estimate of drug-likeness (QED) is 0.661. The largest absolute Gasteiger partial charge is 0.445 e. The van der Waals surface area contributed by atoms with Crippen molar-refractivity contribution in [2.45, 2.75) is 38.3 Å². The lowest BCUT2D eigenvalue weighted by Gasteiger charge is -2.36. The summed E-state index contributed by atoms with van der Waals surface area (Å²) in [5.41, 5.74) is 7.74. The van der Waals surface area contributed by atoms with E-state index in [0.717, 1.165) is 29.7 Å². The number of carbonyl (C=O) groups is 1. The number of nitrogens with two attached hydrogens (primary N) is 1. The second-order valence-corrected chi connectivity index (χ2v) is 7.86. The van der Waals surface area contributed by atoms with Crippen LogP contribution in [0.3, 0.4) is 0 Å². The normalized spacial score (nSPS) is 19.7. The number of rotatable bonds is 3. The average Bonchev–Trinajstić information content (AvgIpc) is 3.05. The van der Waals surface area contributed by atoms with E-state index < -0.39 is 0 Å². The lowest BCUT2D eigenvalue weighted by Crippen LogP contribution is -2.45. The van der Waals surface area contributed by atoms with Gasteiger partial charge in [-0.2, -0.15) is 0 Å². The van der Waals surface area contributed by atoms with Crippen molar-refractivity contribution >= 4 is 33.4 Å². The highest BCUT2D eigenvalue weighted by Gasteiger charge is 2.33. The van der Waals surface area contributed by atoms with Crippen molar-refractivity contribution in [3.8, 4) is 0 Å². The molecule has 0 radical (unpaired) electrons. The number of nitrogens with zero attached hydrogens (tertiary/aromatic N) is 4. The van der Waals surface area contributed by atoms with Crippen molar-refractivity contribution in [1.29, 1.82) is 0 Å². The lowest BCUT2D eigenvalue weighted by atomic mass is 9.93. The molecule has 2 aromatic heterocycles. The van der Waals surface area contributed by atoms with Crippen LogP contribution in [-0.4, -0.2) is 37.9 Å². The number of carbonyl (C=O) groups excluding carboxylic acids is 1. The van der Waals surface area contributed by atoms with Gasteiger partial charge < -0.3 is 15.4 Å². The van der Waals surface area contributed by atoms with Gasteiger partial charge in [0, 0.05) is 30.9 Å². The van der Waals surface area contributed by atoms with Crippen molar-refractivity contribution < 1.29 is 9.53 Å². The Kier molecular flexibility index (Phi) is 5.21. The number of fused-ring (bicyclic) bond motifs is 1. The van der Waals surface area contributed by atoms with E-state index in [9.17, 15) is 4.79 Å². The first-order valence-corrected chi connectivity index (χ1v) is 10.1. The van der Waals surface area contributed by atoms with E-state index in [1.165, 1.54) is 0 Å². The molecule has 1 fully saturated rings. The minimum atomic E-state index is -0.290. The van der Waals surface area contributed by atoms with Crippen LogP contribution in [-0.2, 0) is 11.3 Å². The average molecular weight is 444 g/mol. The molecule has 2 N–H and O–H groups in total. The minimum Gasteiger partial charge on any atom is -0.445 e. The van der Waals surface area contributed by atoms with E-state index in [0.29, 0.717) is 17.0 Å². The standard InChI is InChI=1S/C20H22BrN5O2/c1-13-7-8-15(19-24-17(21)16-18(22)23-9-10-25(16)19)11-26(13)20(27)28-12-14-5-3-2-4-6-14/h2-6,9-10,13,15H,7-8,11-12H2,1H3,(H2,22,23). The summed E-state index contributed by atoms with van der Waals surface area (Å²) in [6.45, 7) is 2.89. The first-order valence-electron chi connectivity index (χ1n) is 9.30. The number of ether oxygens (including phenoxy) is 1. The van der Waals surface area contributed by atoms with Crippen molar-refractivity contribution in [2.24, 2.45) is 0 Å². The Morgan fingerprint density at radius 2 is 2.11 bits per heavy atom. The van der Waals surface area contributed by atoms with Gasteiger partial charge in [-0.25, -0.2) is 14.8 Å². The second kappa shape index (κ2) is 7.79. The smallest absolute Gasteiger partial charge is 0.410 e. The van der Waals surface area contributed by atoms with E-state index in [-0.39, 0.29) is 24.7 Å². The zero-order valence-corrected chi connectivity index (χ0v) is 17.2. The molecule has 3 aromatic rings. The fraction of sp³-hybridized carbons (Fsp3) is 0.350. The highest BCUT2D eigenvalue weighted by molar-refractivity contribution is 9.10. The maximum Gasteiger partial charge on any atom is 0.410 e. The number of benzene rings is 1. The van der Waals surface area contributed by atoms with Gasteiger partial charge in [-0.05, 0) is 41.3 Å². The number of anilines is 1. The Balaban J connectivity index is 1.52. The van der Waals surface area contributed by atoms with Crippen LogP contribution in [0.2, 0.25) is 0 Å². The van der Waals surface area contributed by atoms with Gasteiger partial charge >= 0.3 is 6.09 Å². The summed E-state index contributed by atoms with van der Waals surface area (Å²) in [6, 6.07) is 9.83. The van der Waals surface area contributed by atoms with Crippen LogP contribution in [0, 0.1) is 0 Å². The number of imidazole rings is 1. The van der Waals surface area contributed by atoms with Crippen LogP contribution < -0.4 is 5.73 Å². The molecule has 0 bridgehead atoms. The van der Waals surface area contributed by atoms with Gasteiger partial charge in [0.2, 0.25) is 0 Å². The Hall–Kier alpha value is -2.61. The predicted octanol–water partition coefficient (Wildman–Crippen LogP) is 3.98. The SMILES string of the molecule is CC1CCC(c2nc(Br)c3c(N)nccn23)CN1C(=O)OCc1ccccc1. The van der Waals surface area contributed by atoms with Crippen LogP contribution >= 0.6 is 15.9 Å². The number of halogens is 1. The second-order valence-electron chi connectivity index (χ2n) is 7.11. The zero-order chi connectivity index (χ0) is 19.7. The first kappa shape index (κ1) is 18.7. The predicted molar refractivity (Wildman–Crippen MR) is 110 cm³/mol. The molecule has 2 atom stereocenters. The summed E-state index contributed by atoms with van der Waals surface area (Å²) in [4.78, 5) is 23.3. The molecule has 1 saturated heterocycles. The number of hydrogen-bond donors (Lipinski definition) is 1. The summed E-state index contributed by atoms with van der Waals surface area (Å²) >= 11 is 3.48. The third-order valence-electron chi connectivity index (χ3n) is 5.25. The van der Waals surface area contributed by atoms with Gasteiger partial charge in [-0.3, -0.25) is 4.40 Å². The molecule has 8 heteroatoms. The molecule has 1 aliphatic heterocycles. The van der Waals surface area contributed by atoms with Crippen LogP contribution in [0.4, 0.5) is 10.6 Å². The van der Waals surface area contributed by atoms with E-state index in [1.54, 1.807) is 11.1 Å². The number of likely N-dealkylation sites (tertiary alicyclic amines) is 1. The fourth-order valence-corrected chi connectivity index (χ4v) is 4.28. The molecule has 4 rings (SSSR count). The van der Waals surface area contributed by atoms with E-state index in [4.69, 9.17) is 10.5 Å². The van der Waals surface area contributed by atoms with Gasteiger partial charge in [0.05, 0.1) is 0 Å². The third kappa shape index (κ3) is 3.56.